The number of esters is 1. The number of carbonyl (C=O) groups excluding carboxylic acids is 1. The van der Waals surface area contributed by atoms with Gasteiger partial charge in [0.05, 0.1) is 13.2 Å². The van der Waals surface area contributed by atoms with Gasteiger partial charge in [-0.3, -0.25) is 0 Å². The normalized spacial score (nSPS) is 18.4. The Bertz CT molecular complexity index is 1190. The Hall–Kier alpha value is -3.43. The van der Waals surface area contributed by atoms with Crippen molar-refractivity contribution < 1.29 is 28.3 Å². The average Bonchev–Trinajstić information content (AvgIpc) is 3.57. The predicted octanol–water partition coefficient (Wildman–Crippen LogP) is 3.68. The number of aliphatic imine (C=N–C) groups is 1. The van der Waals surface area contributed by atoms with Crippen LogP contribution in [0.1, 0.15) is 12.1 Å². The van der Waals surface area contributed by atoms with Gasteiger partial charge in [-0.15, -0.1) is 0 Å². The molecule has 1 fully saturated rings. The first-order valence-corrected chi connectivity index (χ1v) is 12.1. The number of hydrogen-bond acceptors (Lipinski definition) is 7. The van der Waals surface area contributed by atoms with Gasteiger partial charge in [0.15, 0.2) is 11.0 Å². The van der Waals surface area contributed by atoms with E-state index in [1.165, 1.54) is 0 Å². The monoisotopic (exact) mass is 466 g/mol. The van der Waals surface area contributed by atoms with Crippen molar-refractivity contribution in [1.29, 1.82) is 0 Å². The van der Waals surface area contributed by atoms with Gasteiger partial charge in [0.25, 0.3) is 0 Å². The van der Waals surface area contributed by atoms with Crippen LogP contribution in [0.4, 0.5) is 0 Å². The van der Waals surface area contributed by atoms with Gasteiger partial charge in [-0.25, -0.2) is 9.79 Å². The first kappa shape index (κ1) is 21.4. The minimum absolute atomic E-state index is 0.347. The molecule has 2 aromatic carbocycles. The van der Waals surface area contributed by atoms with Gasteiger partial charge >= 0.3 is 5.97 Å². The van der Waals surface area contributed by atoms with E-state index in [9.17, 15) is 9.35 Å². The fourth-order valence-electron chi connectivity index (χ4n) is 3.62. The molecule has 33 heavy (non-hydrogen) atoms. The number of hydrogen-bond donors (Lipinski definition) is 1. The summed E-state index contributed by atoms with van der Waals surface area (Å²) in [5, 5.41) is 0. The van der Waals surface area contributed by atoms with Crippen molar-refractivity contribution in [1.82, 2.24) is 4.98 Å². The molecule has 3 aromatic rings. The third-order valence-electron chi connectivity index (χ3n) is 5.25. The van der Waals surface area contributed by atoms with E-state index in [2.05, 4.69) is 9.98 Å². The smallest absolute Gasteiger partial charge is 0.347 e. The molecule has 2 unspecified atom stereocenters. The van der Waals surface area contributed by atoms with Gasteiger partial charge in [0.2, 0.25) is 5.90 Å². The van der Waals surface area contributed by atoms with Crippen LogP contribution in [0.15, 0.2) is 64.5 Å². The number of cyclic esters (lactones) is 1. The number of ether oxygens (including phenoxy) is 4. The number of benzene rings is 2. The second kappa shape index (κ2) is 9.21. The van der Waals surface area contributed by atoms with Crippen molar-refractivity contribution in [3.8, 4) is 28.5 Å². The lowest BCUT2D eigenvalue weighted by Gasteiger charge is -2.14. The van der Waals surface area contributed by atoms with Crippen LogP contribution in [0.3, 0.4) is 0 Å². The number of nitrogens with one attached hydrogen (secondary N) is 1. The fourth-order valence-corrected chi connectivity index (χ4v) is 4.14. The highest BCUT2D eigenvalue weighted by Gasteiger charge is 2.28. The largest absolute Gasteiger partial charge is 0.612 e. The highest BCUT2D eigenvalue weighted by molar-refractivity contribution is 7.90. The topological polar surface area (TPSA) is 105 Å². The minimum atomic E-state index is -1.06. The lowest BCUT2D eigenvalue weighted by Crippen LogP contribution is -2.21. The summed E-state index contributed by atoms with van der Waals surface area (Å²) in [6.45, 7) is 1.57. The van der Waals surface area contributed by atoms with Crippen LogP contribution < -0.4 is 9.47 Å². The molecule has 1 N–H and O–H groups in total. The molecule has 0 aliphatic carbocycles. The maximum atomic E-state index is 11.9. The number of rotatable bonds is 7. The summed E-state index contributed by atoms with van der Waals surface area (Å²) in [4.78, 5) is 20.3. The van der Waals surface area contributed by atoms with Crippen molar-refractivity contribution >= 4 is 23.0 Å². The van der Waals surface area contributed by atoms with Gasteiger partial charge in [-0.2, -0.15) is 0 Å². The molecule has 1 aromatic heterocycles. The molecule has 170 valence electrons. The Morgan fingerprint density at radius 1 is 1.00 bits per heavy atom. The van der Waals surface area contributed by atoms with E-state index in [0.717, 1.165) is 21.8 Å². The van der Waals surface area contributed by atoms with Gasteiger partial charge in [-0.05, 0) is 59.7 Å². The SMILES string of the molecule is C[S+]([O-])c1ccc(Oc2cc(OC3CCOC3=O)cc(-c3ccc(C4=NCCO4)[nH]3)c2)cc1. The minimum Gasteiger partial charge on any atom is -0.612 e. The van der Waals surface area contributed by atoms with E-state index >= 15 is 0 Å². The summed E-state index contributed by atoms with van der Waals surface area (Å²) in [5.41, 5.74) is 2.42. The highest BCUT2D eigenvalue weighted by Crippen LogP contribution is 2.34. The van der Waals surface area contributed by atoms with E-state index in [0.29, 0.717) is 49.3 Å². The molecule has 0 amide bonds. The molecule has 1 saturated heterocycles. The molecule has 2 aliphatic rings. The van der Waals surface area contributed by atoms with E-state index < -0.39 is 17.3 Å². The van der Waals surface area contributed by atoms with Gasteiger partial charge in [0, 0.05) is 23.7 Å². The van der Waals surface area contributed by atoms with Crippen molar-refractivity contribution in [2.24, 2.45) is 4.99 Å². The summed E-state index contributed by atoms with van der Waals surface area (Å²) in [7, 11) is 0. The lowest BCUT2D eigenvalue weighted by molar-refractivity contribution is -0.143. The molecule has 0 spiro atoms. The molecular formula is C24H22N2O6S. The van der Waals surface area contributed by atoms with Crippen LogP contribution in [0.5, 0.6) is 17.2 Å². The summed E-state index contributed by atoms with van der Waals surface area (Å²) in [5.74, 6) is 1.83. The Morgan fingerprint density at radius 3 is 2.48 bits per heavy atom. The second-order valence-corrected chi connectivity index (χ2v) is 8.98. The average molecular weight is 467 g/mol. The second-order valence-electron chi connectivity index (χ2n) is 7.60. The van der Waals surface area contributed by atoms with Crippen LogP contribution in [0, 0.1) is 0 Å². The third-order valence-corrected chi connectivity index (χ3v) is 6.19. The Morgan fingerprint density at radius 2 is 1.79 bits per heavy atom. The first-order chi connectivity index (χ1) is 16.0. The number of nitrogens with zero attached hydrogens (tertiary/aromatic N) is 1. The fraction of sp³-hybridized carbons (Fsp3) is 0.250. The van der Waals surface area contributed by atoms with Gasteiger partial charge in [-0.1, -0.05) is 0 Å². The summed E-state index contributed by atoms with van der Waals surface area (Å²) >= 11 is -1.06. The van der Waals surface area contributed by atoms with Gasteiger partial charge in [0.1, 0.15) is 35.8 Å². The maximum absolute atomic E-state index is 11.9. The van der Waals surface area contributed by atoms with Crippen LogP contribution in [0.25, 0.3) is 11.3 Å². The summed E-state index contributed by atoms with van der Waals surface area (Å²) in [6.07, 6.45) is 1.48. The molecule has 9 heteroatoms. The molecule has 8 nitrogen and oxygen atoms in total. The quantitative estimate of drug-likeness (QED) is 0.421. The van der Waals surface area contributed by atoms with Crippen LogP contribution in [-0.4, -0.2) is 53.5 Å². The predicted molar refractivity (Wildman–Crippen MR) is 122 cm³/mol. The zero-order chi connectivity index (χ0) is 22.8. The highest BCUT2D eigenvalue weighted by atomic mass is 32.2. The maximum Gasteiger partial charge on any atom is 0.347 e. The number of H-pyrrole nitrogens is 1. The molecule has 0 bridgehead atoms. The van der Waals surface area contributed by atoms with Crippen LogP contribution >= 0.6 is 0 Å². The molecule has 3 heterocycles. The Kier molecular flexibility index (Phi) is 5.97. The molecular weight excluding hydrogens is 444 g/mol. The first-order valence-electron chi connectivity index (χ1n) is 10.5. The Balaban J connectivity index is 1.45. The lowest BCUT2D eigenvalue weighted by atomic mass is 10.1. The standard InChI is InChI=1S/C24H22N2O6S/c1-33(28)19-4-2-16(3-5-19)31-17-12-15(13-18(14-17)32-22-8-10-30-24(22)27)20-6-7-21(26-20)23-25-9-11-29-23/h2-7,12-14,22,26H,8-11H2,1H3. The van der Waals surface area contributed by atoms with Crippen LogP contribution in [-0.2, 0) is 25.4 Å². The van der Waals surface area contributed by atoms with Crippen molar-refractivity contribution in [3.63, 3.8) is 0 Å². The van der Waals surface area contributed by atoms with Crippen molar-refractivity contribution in [3.05, 3.63) is 60.3 Å². The van der Waals surface area contributed by atoms with Crippen molar-refractivity contribution in [2.75, 3.05) is 26.0 Å². The van der Waals surface area contributed by atoms with E-state index in [1.807, 2.05) is 24.3 Å². The van der Waals surface area contributed by atoms with E-state index in [4.69, 9.17) is 18.9 Å². The van der Waals surface area contributed by atoms with Crippen molar-refractivity contribution in [2.45, 2.75) is 17.4 Å². The van der Waals surface area contributed by atoms with E-state index in [-0.39, 0.29) is 5.97 Å². The zero-order valence-corrected chi connectivity index (χ0v) is 18.7. The Labute approximate surface area is 193 Å². The summed E-state index contributed by atoms with van der Waals surface area (Å²) in [6, 6.07) is 16.3. The zero-order valence-electron chi connectivity index (χ0n) is 17.9. The third kappa shape index (κ3) is 4.84. The summed E-state index contributed by atoms with van der Waals surface area (Å²) < 4.78 is 34.2. The number of aromatic amines is 1. The van der Waals surface area contributed by atoms with Gasteiger partial charge < -0.3 is 28.5 Å². The molecule has 0 saturated carbocycles. The molecule has 0 radical (unpaired) electrons. The number of carbonyl (C=O) groups is 1. The molecule has 2 aliphatic heterocycles. The molecule has 5 rings (SSSR count). The van der Waals surface area contributed by atoms with E-state index in [1.54, 1.807) is 36.6 Å². The van der Waals surface area contributed by atoms with Crippen LogP contribution in [0.2, 0.25) is 0 Å². The number of aromatic nitrogens is 1. The molecule has 2 atom stereocenters.